The highest BCUT2D eigenvalue weighted by Crippen LogP contribution is 2.35. The molecule has 3 N–H and O–H groups in total. The number of piperidine rings is 1. The molecule has 2 aliphatic heterocycles. The standard InChI is InChI=1S/C30H44FN7O3/c1-4-5-10-38(20(2)19-39)29-28-26(33-30(32)34-29)18-37(35-28)17-24-25(31)15-22(16-27(24)40-3)21-6-11-36(12-7-21)23-8-13-41-14-9-23/h15-16,18,20-21,23,39H,4-14,17,19H2,1-3H3,(H2,32,33). The third-order valence-corrected chi connectivity index (χ3v) is 8.66. The average molecular weight is 570 g/mol. The van der Waals surface area contributed by atoms with E-state index in [-0.39, 0.29) is 31.0 Å². The molecule has 2 fully saturated rings. The van der Waals surface area contributed by atoms with Gasteiger partial charge in [-0.15, -0.1) is 0 Å². The molecule has 0 amide bonds. The third kappa shape index (κ3) is 6.57. The Kier molecular flexibility index (Phi) is 9.57. The van der Waals surface area contributed by atoms with Crippen molar-refractivity contribution in [3.05, 3.63) is 35.3 Å². The van der Waals surface area contributed by atoms with E-state index < -0.39 is 0 Å². The molecule has 4 heterocycles. The molecule has 11 heteroatoms. The van der Waals surface area contributed by atoms with Crippen LogP contribution in [-0.2, 0) is 11.3 Å². The molecular formula is C30H44FN7O3. The fraction of sp³-hybridized carbons (Fsp3) is 0.633. The number of hydrogen-bond donors (Lipinski definition) is 2. The second kappa shape index (κ2) is 13.3. The first-order valence-electron chi connectivity index (χ1n) is 15.0. The lowest BCUT2D eigenvalue weighted by atomic mass is 9.87. The fourth-order valence-corrected chi connectivity index (χ4v) is 6.22. The van der Waals surface area contributed by atoms with E-state index in [4.69, 9.17) is 20.3 Å². The molecule has 2 saturated heterocycles. The molecule has 0 aliphatic carbocycles. The molecular weight excluding hydrogens is 525 g/mol. The number of benzene rings is 1. The zero-order valence-electron chi connectivity index (χ0n) is 24.6. The van der Waals surface area contributed by atoms with Crippen LogP contribution in [0, 0.1) is 5.82 Å². The zero-order valence-corrected chi connectivity index (χ0v) is 24.6. The molecule has 2 aliphatic rings. The first-order chi connectivity index (χ1) is 19.9. The van der Waals surface area contributed by atoms with Crippen LogP contribution in [0.15, 0.2) is 18.3 Å². The Hall–Kier alpha value is -3.02. The highest BCUT2D eigenvalue weighted by Gasteiger charge is 2.28. The van der Waals surface area contributed by atoms with Crippen LogP contribution >= 0.6 is 0 Å². The summed E-state index contributed by atoms with van der Waals surface area (Å²) >= 11 is 0. The minimum atomic E-state index is -0.296. The van der Waals surface area contributed by atoms with Crippen molar-refractivity contribution in [1.82, 2.24) is 24.6 Å². The van der Waals surface area contributed by atoms with Crippen molar-refractivity contribution in [2.24, 2.45) is 0 Å². The summed E-state index contributed by atoms with van der Waals surface area (Å²) in [6.07, 6.45) is 7.90. The van der Waals surface area contributed by atoms with Gasteiger partial charge in [0.15, 0.2) is 11.3 Å². The van der Waals surface area contributed by atoms with Gasteiger partial charge in [-0.2, -0.15) is 10.1 Å². The number of anilines is 2. The van der Waals surface area contributed by atoms with Crippen molar-refractivity contribution in [3.63, 3.8) is 0 Å². The van der Waals surface area contributed by atoms with Crippen LogP contribution < -0.4 is 15.4 Å². The van der Waals surface area contributed by atoms with Gasteiger partial charge in [-0.1, -0.05) is 13.3 Å². The Balaban J connectivity index is 1.37. The highest BCUT2D eigenvalue weighted by molar-refractivity contribution is 5.86. The third-order valence-electron chi connectivity index (χ3n) is 8.66. The number of rotatable bonds is 11. The number of nitrogens with zero attached hydrogens (tertiary/aromatic N) is 6. The summed E-state index contributed by atoms with van der Waals surface area (Å²) in [6, 6.07) is 4.11. The molecule has 3 aromatic rings. The van der Waals surface area contributed by atoms with Gasteiger partial charge in [0, 0.05) is 25.8 Å². The Morgan fingerprint density at radius 1 is 1.20 bits per heavy atom. The summed E-state index contributed by atoms with van der Waals surface area (Å²) in [5.74, 6) is 1.25. The van der Waals surface area contributed by atoms with Crippen LogP contribution in [0.4, 0.5) is 16.2 Å². The SMILES string of the molecule is CCCCN(c1nc(N)nc2cn(Cc3c(F)cc(C4CCN(C5CCOCC5)CC4)cc3OC)nc12)C(C)CO. The van der Waals surface area contributed by atoms with Crippen molar-refractivity contribution >= 4 is 22.8 Å². The second-order valence-electron chi connectivity index (χ2n) is 11.4. The van der Waals surface area contributed by atoms with E-state index in [1.165, 1.54) is 0 Å². The number of methoxy groups -OCH3 is 1. The number of hydrogen-bond acceptors (Lipinski definition) is 9. The molecule has 5 rings (SSSR count). The molecule has 2 aromatic heterocycles. The molecule has 10 nitrogen and oxygen atoms in total. The molecule has 0 bridgehead atoms. The fourth-order valence-electron chi connectivity index (χ4n) is 6.22. The number of aromatic nitrogens is 4. The van der Waals surface area contributed by atoms with Gasteiger partial charge in [-0.25, -0.2) is 9.37 Å². The first kappa shape index (κ1) is 29.5. The van der Waals surface area contributed by atoms with E-state index in [0.717, 1.165) is 70.4 Å². The average Bonchev–Trinajstić information content (AvgIpc) is 3.40. The van der Waals surface area contributed by atoms with Crippen molar-refractivity contribution in [3.8, 4) is 5.75 Å². The van der Waals surface area contributed by atoms with E-state index >= 15 is 4.39 Å². The molecule has 41 heavy (non-hydrogen) atoms. The topological polar surface area (TPSA) is 115 Å². The lowest BCUT2D eigenvalue weighted by Crippen LogP contribution is -2.43. The van der Waals surface area contributed by atoms with Gasteiger partial charge in [-0.3, -0.25) is 4.68 Å². The van der Waals surface area contributed by atoms with Gasteiger partial charge >= 0.3 is 0 Å². The van der Waals surface area contributed by atoms with Crippen LogP contribution in [0.25, 0.3) is 11.0 Å². The summed E-state index contributed by atoms with van der Waals surface area (Å²) in [5, 5.41) is 14.6. The summed E-state index contributed by atoms with van der Waals surface area (Å²) in [7, 11) is 1.58. The van der Waals surface area contributed by atoms with Gasteiger partial charge < -0.3 is 30.1 Å². The Morgan fingerprint density at radius 3 is 2.63 bits per heavy atom. The number of ether oxygens (including phenoxy) is 2. The van der Waals surface area contributed by atoms with Gasteiger partial charge in [0.2, 0.25) is 5.95 Å². The van der Waals surface area contributed by atoms with E-state index in [9.17, 15) is 5.11 Å². The van der Waals surface area contributed by atoms with E-state index in [1.54, 1.807) is 24.1 Å². The summed E-state index contributed by atoms with van der Waals surface area (Å²) in [4.78, 5) is 13.5. The van der Waals surface area contributed by atoms with Crippen molar-refractivity contribution in [2.45, 2.75) is 76.9 Å². The normalized spacial score (nSPS) is 18.2. The predicted molar refractivity (Wildman–Crippen MR) is 158 cm³/mol. The molecule has 1 atom stereocenters. The van der Waals surface area contributed by atoms with Crippen LogP contribution in [-0.4, -0.2) is 88.4 Å². The summed E-state index contributed by atoms with van der Waals surface area (Å²) in [6.45, 7) is 8.65. The minimum absolute atomic E-state index is 0.0286. The van der Waals surface area contributed by atoms with E-state index in [0.29, 0.717) is 46.7 Å². The number of fused-ring (bicyclic) bond motifs is 1. The molecule has 0 saturated carbocycles. The van der Waals surface area contributed by atoms with Crippen LogP contribution in [0.5, 0.6) is 5.75 Å². The monoisotopic (exact) mass is 569 g/mol. The van der Waals surface area contributed by atoms with Gasteiger partial charge in [0.1, 0.15) is 17.1 Å². The Labute approximate surface area is 241 Å². The zero-order chi connectivity index (χ0) is 28.9. The molecule has 1 aromatic carbocycles. The Bertz CT molecular complexity index is 1300. The van der Waals surface area contributed by atoms with Crippen LogP contribution in [0.1, 0.15) is 69.4 Å². The maximum Gasteiger partial charge on any atom is 0.222 e. The number of unbranched alkanes of at least 4 members (excludes halogenated alkanes) is 1. The number of likely N-dealkylation sites (tertiary alicyclic amines) is 1. The Morgan fingerprint density at radius 2 is 1.95 bits per heavy atom. The van der Waals surface area contributed by atoms with Gasteiger partial charge in [-0.05, 0) is 75.7 Å². The van der Waals surface area contributed by atoms with E-state index in [1.807, 2.05) is 17.9 Å². The molecule has 0 spiro atoms. The predicted octanol–water partition coefficient (Wildman–Crippen LogP) is 3.95. The number of aliphatic hydroxyl groups excluding tert-OH is 1. The largest absolute Gasteiger partial charge is 0.496 e. The lowest BCUT2D eigenvalue weighted by Gasteiger charge is -2.39. The van der Waals surface area contributed by atoms with Gasteiger partial charge in [0.25, 0.3) is 0 Å². The first-order valence-corrected chi connectivity index (χ1v) is 15.0. The van der Waals surface area contributed by atoms with Gasteiger partial charge in [0.05, 0.1) is 38.1 Å². The number of aliphatic hydroxyl groups is 1. The second-order valence-corrected chi connectivity index (χ2v) is 11.4. The number of halogens is 1. The summed E-state index contributed by atoms with van der Waals surface area (Å²) in [5.41, 5.74) is 8.65. The van der Waals surface area contributed by atoms with Crippen LogP contribution in [0.3, 0.4) is 0 Å². The smallest absolute Gasteiger partial charge is 0.222 e. The lowest BCUT2D eigenvalue weighted by molar-refractivity contribution is 0.0251. The highest BCUT2D eigenvalue weighted by atomic mass is 19.1. The molecule has 0 radical (unpaired) electrons. The van der Waals surface area contributed by atoms with E-state index in [2.05, 4.69) is 21.8 Å². The molecule has 1 unspecified atom stereocenters. The number of nitrogens with two attached hydrogens (primary N) is 1. The van der Waals surface area contributed by atoms with Crippen LogP contribution in [0.2, 0.25) is 0 Å². The molecule has 224 valence electrons. The van der Waals surface area contributed by atoms with Crippen molar-refractivity contribution in [1.29, 1.82) is 0 Å². The van der Waals surface area contributed by atoms with Crippen molar-refractivity contribution in [2.75, 3.05) is 57.2 Å². The maximum atomic E-state index is 15.7. The maximum absolute atomic E-state index is 15.7. The minimum Gasteiger partial charge on any atom is -0.496 e. The number of nitrogen functional groups attached to an aromatic ring is 1. The summed E-state index contributed by atoms with van der Waals surface area (Å²) < 4.78 is 28.6. The quantitative estimate of drug-likeness (QED) is 0.354. The van der Waals surface area contributed by atoms with Crippen molar-refractivity contribution < 1.29 is 19.0 Å².